The number of nitrogens with one attached hydrogen (secondary N) is 3. The normalized spacial score (nSPS) is 23.8. The Morgan fingerprint density at radius 2 is 1.60 bits per heavy atom. The van der Waals surface area contributed by atoms with Crippen LogP contribution in [-0.4, -0.2) is 61.9 Å². The summed E-state index contributed by atoms with van der Waals surface area (Å²) in [7, 11) is -3.51. The number of benzene rings is 2. The first-order chi connectivity index (χ1) is 22.7. The van der Waals surface area contributed by atoms with Crippen LogP contribution in [0.2, 0.25) is 0 Å². The van der Waals surface area contributed by atoms with Gasteiger partial charge in [0.05, 0.1) is 47.9 Å². The van der Waals surface area contributed by atoms with Gasteiger partial charge in [0, 0.05) is 23.5 Å². The highest BCUT2D eigenvalue weighted by atomic mass is 79.9. The summed E-state index contributed by atoms with van der Waals surface area (Å²) in [5.41, 5.74) is 3.36. The number of thiocarbonyl (C=S) groups is 1. The Balaban J connectivity index is 0.00000520. The van der Waals surface area contributed by atoms with Crippen LogP contribution in [0.5, 0.6) is 0 Å². The van der Waals surface area contributed by atoms with Gasteiger partial charge in [-0.3, -0.25) is 5.32 Å². The number of halogens is 1. The van der Waals surface area contributed by atoms with E-state index in [0.29, 0.717) is 4.90 Å². The van der Waals surface area contributed by atoms with Gasteiger partial charge in [0.1, 0.15) is 0 Å². The van der Waals surface area contributed by atoms with E-state index in [9.17, 15) is 8.42 Å². The van der Waals surface area contributed by atoms with Crippen LogP contribution in [0.3, 0.4) is 0 Å². The van der Waals surface area contributed by atoms with Crippen LogP contribution >= 0.6 is 12.2 Å². The minimum absolute atomic E-state index is 0. The SMILES string of the molecule is CCCCC1(CCCC)CS(=O)(=O)c2ccc(NCCC)cc2C(c2cccc(NC(=S)CCCCC[N+]34CCC(CC3)CC4)c2)N1.[Br-]. The number of nitrogens with zero attached hydrogens (tertiary/aromatic N) is 1. The van der Waals surface area contributed by atoms with Crippen molar-refractivity contribution in [3.05, 3.63) is 53.6 Å². The van der Waals surface area contributed by atoms with Crippen molar-refractivity contribution in [3.63, 3.8) is 0 Å². The van der Waals surface area contributed by atoms with Gasteiger partial charge in [0.2, 0.25) is 0 Å². The van der Waals surface area contributed by atoms with Gasteiger partial charge < -0.3 is 32.1 Å². The van der Waals surface area contributed by atoms with Crippen molar-refractivity contribution in [2.24, 2.45) is 5.92 Å². The molecular formula is C39H61BrN4O2S2. The van der Waals surface area contributed by atoms with Crippen molar-refractivity contribution in [1.82, 2.24) is 5.32 Å². The van der Waals surface area contributed by atoms with Gasteiger partial charge in [0.25, 0.3) is 0 Å². The smallest absolute Gasteiger partial charge is 0.180 e. The van der Waals surface area contributed by atoms with Gasteiger partial charge in [-0.25, -0.2) is 8.42 Å². The van der Waals surface area contributed by atoms with E-state index in [1.807, 2.05) is 12.1 Å². The molecule has 0 amide bonds. The molecule has 3 N–H and O–H groups in total. The lowest BCUT2D eigenvalue weighted by Gasteiger charge is -2.49. The second-order valence-electron chi connectivity index (χ2n) is 15.0. The molecule has 1 unspecified atom stereocenters. The fraction of sp³-hybridized carbons (Fsp3) is 0.667. The van der Waals surface area contributed by atoms with Crippen molar-refractivity contribution in [1.29, 1.82) is 0 Å². The maximum absolute atomic E-state index is 14.1. The molecule has 4 aliphatic heterocycles. The topological polar surface area (TPSA) is 70.2 Å². The molecule has 2 bridgehead atoms. The van der Waals surface area contributed by atoms with E-state index >= 15 is 0 Å². The fourth-order valence-corrected chi connectivity index (χ4v) is 10.7. The van der Waals surface area contributed by atoms with Gasteiger partial charge in [-0.05, 0) is 112 Å². The largest absolute Gasteiger partial charge is 1.00 e. The molecule has 4 aliphatic rings. The molecule has 3 fully saturated rings. The molecule has 0 aliphatic carbocycles. The molecule has 48 heavy (non-hydrogen) atoms. The van der Waals surface area contributed by atoms with Crippen molar-refractivity contribution in [3.8, 4) is 0 Å². The summed E-state index contributed by atoms with van der Waals surface area (Å²) in [6, 6.07) is 14.1. The fourth-order valence-electron chi connectivity index (χ4n) is 8.41. The third-order valence-electron chi connectivity index (χ3n) is 11.2. The lowest BCUT2D eigenvalue weighted by atomic mass is 9.85. The quantitative estimate of drug-likeness (QED) is 0.104. The predicted molar refractivity (Wildman–Crippen MR) is 202 cm³/mol. The molecular weight excluding hydrogens is 700 g/mol. The highest BCUT2D eigenvalue weighted by Crippen LogP contribution is 2.40. The summed E-state index contributed by atoms with van der Waals surface area (Å²) in [5.74, 6) is 1.15. The van der Waals surface area contributed by atoms with Crippen LogP contribution in [0.4, 0.5) is 11.4 Å². The second kappa shape index (κ2) is 18.1. The lowest BCUT2D eigenvalue weighted by Crippen LogP contribution is -3.00. The third-order valence-corrected chi connectivity index (χ3v) is 13.5. The van der Waals surface area contributed by atoms with Crippen LogP contribution in [0.15, 0.2) is 47.4 Å². The van der Waals surface area contributed by atoms with Crippen LogP contribution in [-0.2, 0) is 9.84 Å². The summed E-state index contributed by atoms with van der Waals surface area (Å²) in [6.07, 6.45) is 15.6. The van der Waals surface area contributed by atoms with Gasteiger partial charge in [-0.2, -0.15) is 0 Å². The number of rotatable bonds is 17. The highest BCUT2D eigenvalue weighted by Gasteiger charge is 2.43. The minimum Gasteiger partial charge on any atom is -1.00 e. The van der Waals surface area contributed by atoms with Crippen LogP contribution in [0.25, 0.3) is 0 Å². The van der Waals surface area contributed by atoms with E-state index in [2.05, 4.69) is 67.1 Å². The first-order valence-corrected chi connectivity index (χ1v) is 20.9. The zero-order valence-corrected chi connectivity index (χ0v) is 33.0. The third kappa shape index (κ3) is 10.0. The zero-order chi connectivity index (χ0) is 33.3. The molecule has 2 aromatic carbocycles. The number of sulfone groups is 1. The Morgan fingerprint density at radius 3 is 2.27 bits per heavy atom. The van der Waals surface area contributed by atoms with Crippen LogP contribution < -0.4 is 32.9 Å². The molecule has 0 saturated carbocycles. The monoisotopic (exact) mass is 760 g/mol. The van der Waals surface area contributed by atoms with Gasteiger partial charge in [0.15, 0.2) is 9.84 Å². The van der Waals surface area contributed by atoms with Crippen molar-refractivity contribution < 1.29 is 29.9 Å². The maximum Gasteiger partial charge on any atom is 0.180 e. The van der Waals surface area contributed by atoms with E-state index < -0.39 is 15.4 Å². The molecule has 4 heterocycles. The van der Waals surface area contributed by atoms with E-state index in [1.165, 1.54) is 62.8 Å². The molecule has 268 valence electrons. The zero-order valence-electron chi connectivity index (χ0n) is 29.8. The van der Waals surface area contributed by atoms with Crippen LogP contribution in [0.1, 0.15) is 128 Å². The van der Waals surface area contributed by atoms with Gasteiger partial charge in [-0.15, -0.1) is 0 Å². The second-order valence-corrected chi connectivity index (χ2v) is 17.4. The maximum atomic E-state index is 14.1. The summed E-state index contributed by atoms with van der Waals surface area (Å²) in [6.45, 7) is 12.9. The Hall–Kier alpha value is -1.52. The lowest BCUT2D eigenvalue weighted by molar-refractivity contribution is -0.942. The van der Waals surface area contributed by atoms with E-state index in [0.717, 1.165) is 97.7 Å². The number of hydrogen-bond acceptors (Lipinski definition) is 5. The van der Waals surface area contributed by atoms with E-state index in [-0.39, 0.29) is 28.8 Å². The van der Waals surface area contributed by atoms with E-state index in [4.69, 9.17) is 12.2 Å². The average molecular weight is 762 g/mol. The summed E-state index contributed by atoms with van der Waals surface area (Å²) >= 11 is 5.85. The van der Waals surface area contributed by atoms with Crippen molar-refractivity contribution in [2.75, 3.05) is 49.1 Å². The summed E-state index contributed by atoms with van der Waals surface area (Å²) in [5, 5.41) is 11.0. The Labute approximate surface area is 307 Å². The molecule has 9 heteroatoms. The molecule has 0 spiro atoms. The molecule has 0 radical (unpaired) electrons. The Kier molecular flexibility index (Phi) is 14.8. The molecule has 6 nitrogen and oxygen atoms in total. The number of hydrogen-bond donors (Lipinski definition) is 3. The van der Waals surface area contributed by atoms with Gasteiger partial charge in [-0.1, -0.05) is 70.8 Å². The Morgan fingerprint density at radius 1 is 0.896 bits per heavy atom. The van der Waals surface area contributed by atoms with E-state index in [1.54, 1.807) is 0 Å². The molecule has 6 rings (SSSR count). The first kappa shape index (κ1) is 39.3. The highest BCUT2D eigenvalue weighted by molar-refractivity contribution is 7.91. The Bertz CT molecular complexity index is 1420. The molecule has 3 saturated heterocycles. The summed E-state index contributed by atoms with van der Waals surface area (Å²) in [4.78, 5) is 1.34. The van der Waals surface area contributed by atoms with Crippen molar-refractivity contribution in [2.45, 2.75) is 127 Å². The number of anilines is 2. The number of fused-ring (bicyclic) bond motifs is 4. The van der Waals surface area contributed by atoms with Crippen molar-refractivity contribution >= 4 is 38.4 Å². The molecule has 0 aromatic heterocycles. The average Bonchev–Trinajstić information content (AvgIpc) is 3.17. The first-order valence-electron chi connectivity index (χ1n) is 18.8. The summed E-state index contributed by atoms with van der Waals surface area (Å²) < 4.78 is 29.6. The predicted octanol–water partition coefficient (Wildman–Crippen LogP) is 6.03. The van der Waals surface area contributed by atoms with Gasteiger partial charge >= 0.3 is 0 Å². The number of unbranched alkanes of at least 4 members (excludes halogenated alkanes) is 4. The molecule has 1 atom stereocenters. The number of quaternary nitrogens is 1. The minimum atomic E-state index is -3.51. The standard InChI is InChI=1S/C39H60N4O2S2.BrH/c1-4-7-21-39(22-8-5-2)30-47(44,45)36-17-16-33(40-23-6-3)29-35(36)38(42-39)32-13-12-14-34(28-32)41-37(46)15-10-9-11-24-43-25-18-31(19-26-43)20-27-43;/h12-14,16-17,28-29,31,38,40,42H,4-11,15,18-27,30H2,1-3H3;1H. The van der Waals surface area contributed by atoms with Crippen LogP contribution in [0, 0.1) is 5.92 Å². The molecule has 2 aromatic rings. The number of piperidine rings is 3.